The summed E-state index contributed by atoms with van der Waals surface area (Å²) in [5, 5.41) is 12.0. The van der Waals surface area contributed by atoms with Gasteiger partial charge in [0.2, 0.25) is 0 Å². The van der Waals surface area contributed by atoms with Gasteiger partial charge in [-0.15, -0.1) is 0 Å². The number of nitrogens with one attached hydrogen (secondary N) is 2. The first-order valence-electron chi connectivity index (χ1n) is 17.8. The van der Waals surface area contributed by atoms with Gasteiger partial charge in [0.1, 0.15) is 0 Å². The lowest BCUT2D eigenvalue weighted by Crippen LogP contribution is -1.92. The molecule has 0 heterocycles. The summed E-state index contributed by atoms with van der Waals surface area (Å²) in [7, 11) is 0. The fourth-order valence-electron chi connectivity index (χ4n) is 7.19. The molecule has 9 rings (SSSR count). The van der Waals surface area contributed by atoms with Crippen LogP contribution in [0.4, 0.5) is 22.7 Å². The number of para-hydroxylation sites is 2. The quantitative estimate of drug-likeness (QED) is 0.158. The number of rotatable bonds is 8. The number of benzene rings is 9. The molecule has 0 radical (unpaired) electrons. The van der Waals surface area contributed by atoms with Gasteiger partial charge in [-0.1, -0.05) is 133 Å². The van der Waals surface area contributed by atoms with Gasteiger partial charge in [0.25, 0.3) is 0 Å². The Hall–Kier alpha value is -6.90. The molecule has 0 unspecified atom stereocenters. The van der Waals surface area contributed by atoms with Crippen molar-refractivity contribution in [3.8, 4) is 44.5 Å². The first kappa shape index (κ1) is 31.1. The largest absolute Gasteiger partial charge is 0.356 e. The molecule has 0 spiro atoms. The molecule has 0 atom stereocenters. The van der Waals surface area contributed by atoms with Gasteiger partial charge in [0, 0.05) is 22.7 Å². The van der Waals surface area contributed by atoms with Crippen LogP contribution in [-0.2, 0) is 0 Å². The van der Waals surface area contributed by atoms with Crippen LogP contribution in [0.1, 0.15) is 0 Å². The van der Waals surface area contributed by atoms with Crippen molar-refractivity contribution < 1.29 is 0 Å². The van der Waals surface area contributed by atoms with E-state index in [-0.39, 0.29) is 0 Å². The minimum atomic E-state index is 1.06. The molecule has 0 amide bonds. The molecule has 0 saturated carbocycles. The molecule has 2 nitrogen and oxygen atoms in total. The van der Waals surface area contributed by atoms with Crippen LogP contribution in [0, 0.1) is 0 Å². The summed E-state index contributed by atoms with van der Waals surface area (Å²) >= 11 is 0. The molecule has 0 bridgehead atoms. The molecular formula is C50H36N2. The predicted molar refractivity (Wildman–Crippen MR) is 223 cm³/mol. The molecule has 52 heavy (non-hydrogen) atoms. The molecular weight excluding hydrogens is 629 g/mol. The molecule has 0 saturated heterocycles. The second-order valence-electron chi connectivity index (χ2n) is 13.2. The summed E-state index contributed by atoms with van der Waals surface area (Å²) in [6.07, 6.45) is 0. The SMILES string of the molecule is c1ccc(Nc2ccc(-c3cc(-c4ccccc4)c4ccc5c(-c6ccc(Nc7ccccc7)cc6)cc(-c6ccccc6)cc5c4c3)cc2)cc1. The summed E-state index contributed by atoms with van der Waals surface area (Å²) in [5.74, 6) is 0. The van der Waals surface area contributed by atoms with E-state index in [1.54, 1.807) is 0 Å². The topological polar surface area (TPSA) is 24.1 Å². The highest BCUT2D eigenvalue weighted by Gasteiger charge is 2.15. The lowest BCUT2D eigenvalue weighted by atomic mass is 9.87. The van der Waals surface area contributed by atoms with Crippen LogP contribution in [0.2, 0.25) is 0 Å². The van der Waals surface area contributed by atoms with Crippen molar-refractivity contribution in [3.63, 3.8) is 0 Å². The van der Waals surface area contributed by atoms with E-state index in [1.807, 2.05) is 24.3 Å². The van der Waals surface area contributed by atoms with E-state index in [0.29, 0.717) is 0 Å². The highest BCUT2D eigenvalue weighted by Crippen LogP contribution is 2.42. The third kappa shape index (κ3) is 6.30. The van der Waals surface area contributed by atoms with Crippen molar-refractivity contribution in [3.05, 3.63) is 206 Å². The molecule has 0 aliphatic carbocycles. The summed E-state index contributed by atoms with van der Waals surface area (Å²) in [6.45, 7) is 0. The Labute approximate surface area is 304 Å². The summed E-state index contributed by atoms with van der Waals surface area (Å²) < 4.78 is 0. The van der Waals surface area contributed by atoms with E-state index in [1.165, 1.54) is 66.1 Å². The number of hydrogen-bond acceptors (Lipinski definition) is 2. The summed E-state index contributed by atoms with van der Waals surface area (Å²) in [4.78, 5) is 0. The Morgan fingerprint density at radius 1 is 0.212 bits per heavy atom. The number of fused-ring (bicyclic) bond motifs is 3. The van der Waals surface area contributed by atoms with E-state index in [4.69, 9.17) is 0 Å². The van der Waals surface area contributed by atoms with Gasteiger partial charge < -0.3 is 10.6 Å². The van der Waals surface area contributed by atoms with Crippen molar-refractivity contribution >= 4 is 44.3 Å². The average molecular weight is 665 g/mol. The van der Waals surface area contributed by atoms with Crippen molar-refractivity contribution in [2.75, 3.05) is 10.6 Å². The maximum absolute atomic E-state index is 3.54. The van der Waals surface area contributed by atoms with Crippen LogP contribution in [0.15, 0.2) is 206 Å². The smallest absolute Gasteiger partial charge is 0.0384 e. The van der Waals surface area contributed by atoms with Gasteiger partial charge in [-0.05, 0) is 139 Å². The Bertz CT molecular complexity index is 2620. The Morgan fingerprint density at radius 3 is 0.981 bits per heavy atom. The summed E-state index contributed by atoms with van der Waals surface area (Å²) in [5.41, 5.74) is 13.9. The second kappa shape index (κ2) is 13.8. The molecule has 2 heteroatoms. The fourth-order valence-corrected chi connectivity index (χ4v) is 7.19. The maximum Gasteiger partial charge on any atom is 0.0384 e. The van der Waals surface area contributed by atoms with Gasteiger partial charge in [0.05, 0.1) is 0 Å². The minimum Gasteiger partial charge on any atom is -0.356 e. The summed E-state index contributed by atoms with van der Waals surface area (Å²) in [6, 6.07) is 73.8. The van der Waals surface area contributed by atoms with Crippen molar-refractivity contribution in [1.82, 2.24) is 0 Å². The lowest BCUT2D eigenvalue weighted by molar-refractivity contribution is 1.54. The van der Waals surface area contributed by atoms with E-state index in [2.05, 4.69) is 193 Å². The van der Waals surface area contributed by atoms with Gasteiger partial charge in [-0.25, -0.2) is 0 Å². The molecule has 9 aromatic rings. The highest BCUT2D eigenvalue weighted by molar-refractivity contribution is 6.17. The maximum atomic E-state index is 3.54. The first-order valence-corrected chi connectivity index (χ1v) is 17.8. The van der Waals surface area contributed by atoms with Gasteiger partial charge in [-0.2, -0.15) is 0 Å². The molecule has 9 aromatic carbocycles. The molecule has 0 aliphatic rings. The zero-order chi connectivity index (χ0) is 34.7. The van der Waals surface area contributed by atoms with Crippen LogP contribution < -0.4 is 10.6 Å². The normalized spacial score (nSPS) is 11.1. The standard InChI is InChI=1S/C50H36N2/c1-5-13-35(14-6-1)39-31-48(38-23-27-44(28-24-38)52-42-19-11-4-12-20-42)46-30-29-45-47(37-15-7-2-8-16-37)32-40(34-50(45)49(46)33-39)36-21-25-43(26-22-36)51-41-17-9-3-10-18-41/h1-34,51-52H. The van der Waals surface area contributed by atoms with Crippen LogP contribution in [0.3, 0.4) is 0 Å². The fraction of sp³-hybridized carbons (Fsp3) is 0. The molecule has 0 aliphatic heterocycles. The van der Waals surface area contributed by atoms with Crippen LogP contribution in [-0.4, -0.2) is 0 Å². The van der Waals surface area contributed by atoms with Gasteiger partial charge in [0.15, 0.2) is 0 Å². The monoisotopic (exact) mass is 664 g/mol. The molecule has 2 N–H and O–H groups in total. The predicted octanol–water partition coefficient (Wildman–Crippen LogP) is 14.1. The highest BCUT2D eigenvalue weighted by atomic mass is 14.9. The third-order valence-electron chi connectivity index (χ3n) is 9.80. The van der Waals surface area contributed by atoms with Crippen LogP contribution >= 0.6 is 0 Å². The molecule has 0 fully saturated rings. The van der Waals surface area contributed by atoms with Crippen LogP contribution in [0.5, 0.6) is 0 Å². The zero-order valence-corrected chi connectivity index (χ0v) is 28.6. The van der Waals surface area contributed by atoms with Crippen molar-refractivity contribution in [1.29, 1.82) is 0 Å². The Kier molecular flexibility index (Phi) is 8.24. The number of anilines is 4. The second-order valence-corrected chi connectivity index (χ2v) is 13.2. The Balaban J connectivity index is 1.22. The van der Waals surface area contributed by atoms with Gasteiger partial charge in [-0.3, -0.25) is 0 Å². The molecule has 246 valence electrons. The van der Waals surface area contributed by atoms with Crippen LogP contribution in [0.25, 0.3) is 66.1 Å². The minimum absolute atomic E-state index is 1.06. The van der Waals surface area contributed by atoms with E-state index < -0.39 is 0 Å². The third-order valence-corrected chi connectivity index (χ3v) is 9.80. The van der Waals surface area contributed by atoms with E-state index in [0.717, 1.165) is 22.7 Å². The Morgan fingerprint density at radius 2 is 0.538 bits per heavy atom. The van der Waals surface area contributed by atoms with E-state index >= 15 is 0 Å². The molecule has 0 aromatic heterocycles. The average Bonchev–Trinajstić information content (AvgIpc) is 3.22. The zero-order valence-electron chi connectivity index (χ0n) is 28.6. The number of hydrogen-bond donors (Lipinski definition) is 2. The van der Waals surface area contributed by atoms with Gasteiger partial charge >= 0.3 is 0 Å². The van der Waals surface area contributed by atoms with E-state index in [9.17, 15) is 0 Å². The van der Waals surface area contributed by atoms with Crippen molar-refractivity contribution in [2.24, 2.45) is 0 Å². The first-order chi connectivity index (χ1) is 25.7. The lowest BCUT2D eigenvalue weighted by Gasteiger charge is -2.17. The van der Waals surface area contributed by atoms with Crippen molar-refractivity contribution in [2.45, 2.75) is 0 Å².